The molecule has 0 fully saturated rings. The van der Waals surface area contributed by atoms with Gasteiger partial charge in [0, 0.05) is 16.6 Å². The lowest BCUT2D eigenvalue weighted by Crippen LogP contribution is -2.14. The number of carbonyl (C=O) groups excluding carboxylic acids is 1. The lowest BCUT2D eigenvalue weighted by Gasteiger charge is -2.06. The summed E-state index contributed by atoms with van der Waals surface area (Å²) in [4.78, 5) is 21.0. The van der Waals surface area contributed by atoms with Crippen molar-refractivity contribution in [1.82, 2.24) is 9.97 Å². The first kappa shape index (κ1) is 14.7. The van der Waals surface area contributed by atoms with Gasteiger partial charge in [-0.2, -0.15) is 0 Å². The zero-order chi connectivity index (χ0) is 16.5. The number of para-hydroxylation sites is 1. The van der Waals surface area contributed by atoms with Crippen molar-refractivity contribution in [2.24, 2.45) is 0 Å². The topological polar surface area (TPSA) is 77.2 Å². The van der Waals surface area contributed by atoms with E-state index in [1.807, 2.05) is 25.1 Å². The first-order valence-corrected chi connectivity index (χ1v) is 8.05. The fraction of sp³-hybridized carbons (Fsp3) is 0.278. The van der Waals surface area contributed by atoms with E-state index < -0.39 is 0 Å². The van der Waals surface area contributed by atoms with Crippen LogP contribution < -0.4 is 10.1 Å². The van der Waals surface area contributed by atoms with Crippen LogP contribution in [-0.4, -0.2) is 22.5 Å². The fourth-order valence-corrected chi connectivity index (χ4v) is 3.05. The highest BCUT2D eigenvalue weighted by molar-refractivity contribution is 6.05. The number of benzene rings is 1. The summed E-state index contributed by atoms with van der Waals surface area (Å²) >= 11 is 0. The summed E-state index contributed by atoms with van der Waals surface area (Å²) in [5.74, 6) is 1.13. The molecule has 1 aliphatic rings. The predicted octanol–water partition coefficient (Wildman–Crippen LogP) is 3.36. The largest absolute Gasteiger partial charge is 0.490 e. The van der Waals surface area contributed by atoms with Gasteiger partial charge in [-0.25, -0.2) is 9.97 Å². The molecule has 2 aromatic heterocycles. The van der Waals surface area contributed by atoms with Gasteiger partial charge in [-0.1, -0.05) is 12.1 Å². The van der Waals surface area contributed by atoms with Crippen molar-refractivity contribution in [2.45, 2.75) is 26.2 Å². The molecule has 0 saturated heterocycles. The number of furan rings is 1. The van der Waals surface area contributed by atoms with E-state index >= 15 is 0 Å². The normalized spacial score (nSPS) is 13.0. The molecule has 122 valence electrons. The van der Waals surface area contributed by atoms with Crippen LogP contribution in [0.25, 0.3) is 11.0 Å². The minimum atomic E-state index is -0.318. The highest BCUT2D eigenvalue weighted by Gasteiger charge is 2.21. The van der Waals surface area contributed by atoms with Crippen LogP contribution in [0.3, 0.4) is 0 Å². The Morgan fingerprint density at radius 1 is 1.33 bits per heavy atom. The van der Waals surface area contributed by atoms with E-state index in [9.17, 15) is 4.79 Å². The van der Waals surface area contributed by atoms with E-state index in [1.54, 1.807) is 6.07 Å². The van der Waals surface area contributed by atoms with Gasteiger partial charge >= 0.3 is 0 Å². The van der Waals surface area contributed by atoms with Gasteiger partial charge < -0.3 is 14.5 Å². The summed E-state index contributed by atoms with van der Waals surface area (Å²) in [6.45, 7) is 2.44. The Morgan fingerprint density at radius 2 is 2.25 bits per heavy atom. The van der Waals surface area contributed by atoms with E-state index in [1.165, 1.54) is 6.33 Å². The zero-order valence-electron chi connectivity index (χ0n) is 13.3. The second-order valence-corrected chi connectivity index (χ2v) is 5.67. The van der Waals surface area contributed by atoms with Crippen molar-refractivity contribution >= 4 is 22.7 Å². The van der Waals surface area contributed by atoms with Crippen molar-refractivity contribution in [3.63, 3.8) is 0 Å². The third-order valence-corrected chi connectivity index (χ3v) is 4.14. The summed E-state index contributed by atoms with van der Waals surface area (Å²) in [7, 11) is 0. The Kier molecular flexibility index (Phi) is 3.65. The van der Waals surface area contributed by atoms with Crippen molar-refractivity contribution in [2.75, 3.05) is 11.9 Å². The molecule has 4 rings (SSSR count). The van der Waals surface area contributed by atoms with Crippen LogP contribution in [0.15, 0.2) is 35.0 Å². The lowest BCUT2D eigenvalue weighted by atomic mass is 10.2. The minimum absolute atomic E-state index is 0.238. The molecule has 3 aromatic rings. The summed E-state index contributed by atoms with van der Waals surface area (Å²) in [5, 5.41) is 3.68. The van der Waals surface area contributed by atoms with E-state index in [-0.39, 0.29) is 11.7 Å². The molecular weight excluding hydrogens is 306 g/mol. The van der Waals surface area contributed by atoms with Crippen LogP contribution in [0.2, 0.25) is 0 Å². The van der Waals surface area contributed by atoms with Gasteiger partial charge in [0.15, 0.2) is 17.1 Å². The number of rotatable bonds is 4. The molecule has 0 atom stereocenters. The number of hydrogen-bond donors (Lipinski definition) is 1. The molecule has 6 heteroatoms. The number of aromatic nitrogens is 2. The number of fused-ring (bicyclic) bond motifs is 2. The molecule has 0 bridgehead atoms. The molecule has 1 amide bonds. The summed E-state index contributed by atoms with van der Waals surface area (Å²) in [6, 6.07) is 7.31. The Balaban J connectivity index is 1.64. The molecule has 0 radical (unpaired) electrons. The van der Waals surface area contributed by atoms with Gasteiger partial charge in [0.05, 0.1) is 6.61 Å². The fourth-order valence-electron chi connectivity index (χ4n) is 3.05. The Bertz CT molecular complexity index is 917. The molecule has 1 N–H and O–H groups in total. The molecule has 0 unspecified atom stereocenters. The third kappa shape index (κ3) is 2.50. The second-order valence-electron chi connectivity index (χ2n) is 5.67. The molecule has 0 spiro atoms. The zero-order valence-corrected chi connectivity index (χ0v) is 13.3. The number of hydrogen-bond acceptors (Lipinski definition) is 5. The summed E-state index contributed by atoms with van der Waals surface area (Å²) in [6.07, 6.45) is 4.36. The van der Waals surface area contributed by atoms with Crippen molar-refractivity contribution in [3.05, 3.63) is 47.6 Å². The SMILES string of the molecule is CCOc1cccc2cc(C(=O)Nc3ncnc4c3CCC4)oc12. The van der Waals surface area contributed by atoms with Crippen LogP contribution in [0.4, 0.5) is 5.82 Å². The van der Waals surface area contributed by atoms with E-state index in [4.69, 9.17) is 9.15 Å². The first-order valence-electron chi connectivity index (χ1n) is 8.05. The molecule has 6 nitrogen and oxygen atoms in total. The van der Waals surface area contributed by atoms with Crippen LogP contribution in [0.5, 0.6) is 5.75 Å². The Hall–Kier alpha value is -2.89. The number of ether oxygens (including phenoxy) is 1. The smallest absolute Gasteiger partial charge is 0.292 e. The number of carbonyl (C=O) groups is 1. The van der Waals surface area contributed by atoms with Crippen molar-refractivity contribution in [1.29, 1.82) is 0 Å². The number of nitrogens with one attached hydrogen (secondary N) is 1. The second kappa shape index (κ2) is 5.96. The molecule has 0 saturated carbocycles. The highest BCUT2D eigenvalue weighted by Crippen LogP contribution is 2.30. The van der Waals surface area contributed by atoms with Gasteiger partial charge in [-0.15, -0.1) is 0 Å². The minimum Gasteiger partial charge on any atom is -0.490 e. The summed E-state index contributed by atoms with van der Waals surface area (Å²) in [5.41, 5.74) is 2.62. The lowest BCUT2D eigenvalue weighted by molar-refractivity contribution is 0.0998. The number of anilines is 1. The highest BCUT2D eigenvalue weighted by atomic mass is 16.5. The maximum atomic E-state index is 12.5. The van der Waals surface area contributed by atoms with Crippen LogP contribution >= 0.6 is 0 Å². The van der Waals surface area contributed by atoms with Crippen LogP contribution in [0, 0.1) is 0 Å². The molecular formula is C18H17N3O3. The van der Waals surface area contributed by atoms with Gasteiger partial charge in [-0.3, -0.25) is 4.79 Å². The van der Waals surface area contributed by atoms with E-state index in [0.29, 0.717) is 23.8 Å². The maximum absolute atomic E-state index is 12.5. The van der Waals surface area contributed by atoms with Crippen molar-refractivity contribution in [3.8, 4) is 5.75 Å². The number of amides is 1. The quantitative estimate of drug-likeness (QED) is 0.796. The standard InChI is InChI=1S/C18H17N3O3/c1-2-23-14-8-3-5-11-9-15(24-16(11)14)18(22)21-17-12-6-4-7-13(12)19-10-20-17/h3,5,8-10H,2,4,6-7H2,1H3,(H,19,20,21,22). The number of nitrogens with zero attached hydrogens (tertiary/aromatic N) is 2. The Morgan fingerprint density at radius 3 is 3.12 bits per heavy atom. The van der Waals surface area contributed by atoms with Crippen LogP contribution in [0.1, 0.15) is 35.2 Å². The molecule has 24 heavy (non-hydrogen) atoms. The molecule has 2 heterocycles. The third-order valence-electron chi connectivity index (χ3n) is 4.14. The van der Waals surface area contributed by atoms with Gasteiger partial charge in [-0.05, 0) is 38.3 Å². The first-order chi connectivity index (χ1) is 11.8. The number of aryl methyl sites for hydroxylation is 1. The summed E-state index contributed by atoms with van der Waals surface area (Å²) < 4.78 is 11.3. The molecule has 0 aliphatic heterocycles. The van der Waals surface area contributed by atoms with Crippen LogP contribution in [-0.2, 0) is 12.8 Å². The van der Waals surface area contributed by atoms with E-state index in [2.05, 4.69) is 15.3 Å². The predicted molar refractivity (Wildman–Crippen MR) is 89.4 cm³/mol. The Labute approximate surface area is 138 Å². The van der Waals surface area contributed by atoms with Gasteiger partial charge in [0.2, 0.25) is 0 Å². The maximum Gasteiger partial charge on any atom is 0.292 e. The monoisotopic (exact) mass is 323 g/mol. The van der Waals surface area contributed by atoms with Gasteiger partial charge in [0.1, 0.15) is 12.1 Å². The average molecular weight is 323 g/mol. The molecule has 1 aromatic carbocycles. The molecule has 1 aliphatic carbocycles. The average Bonchev–Trinajstić information content (AvgIpc) is 3.22. The van der Waals surface area contributed by atoms with E-state index in [0.717, 1.165) is 35.9 Å². The van der Waals surface area contributed by atoms with Crippen molar-refractivity contribution < 1.29 is 13.9 Å². The van der Waals surface area contributed by atoms with Gasteiger partial charge in [0.25, 0.3) is 5.91 Å².